The highest BCUT2D eigenvalue weighted by Crippen LogP contribution is 2.39. The number of hydrogen-bond acceptors (Lipinski definition) is 4. The average Bonchev–Trinajstić information content (AvgIpc) is 2.83. The van der Waals surface area contributed by atoms with Gasteiger partial charge in [-0.3, -0.25) is 15.1 Å². The minimum absolute atomic E-state index is 0.133. The SMILES string of the molecule is CN=C(NC#N)NC1CCC(CNC(=O)c2ccccc2OC)(c2ccccc2)CC1. The molecule has 0 saturated heterocycles. The highest BCUT2D eigenvalue weighted by atomic mass is 16.5. The first-order valence-corrected chi connectivity index (χ1v) is 10.5. The Morgan fingerprint density at radius 1 is 1.16 bits per heavy atom. The first kappa shape index (κ1) is 22.2. The van der Waals surface area contributed by atoms with Gasteiger partial charge in [0.25, 0.3) is 5.91 Å². The lowest BCUT2D eigenvalue weighted by Gasteiger charge is -2.41. The third-order valence-corrected chi connectivity index (χ3v) is 6.01. The number of nitriles is 1. The minimum Gasteiger partial charge on any atom is -0.496 e. The maximum Gasteiger partial charge on any atom is 0.255 e. The Labute approximate surface area is 183 Å². The van der Waals surface area contributed by atoms with Gasteiger partial charge in [0, 0.05) is 25.0 Å². The molecule has 1 aliphatic carbocycles. The number of carbonyl (C=O) groups is 1. The van der Waals surface area contributed by atoms with E-state index < -0.39 is 0 Å². The predicted molar refractivity (Wildman–Crippen MR) is 121 cm³/mol. The maximum atomic E-state index is 12.9. The summed E-state index contributed by atoms with van der Waals surface area (Å²) in [7, 11) is 3.22. The molecule has 0 radical (unpaired) electrons. The van der Waals surface area contributed by atoms with Crippen molar-refractivity contribution >= 4 is 11.9 Å². The molecule has 162 valence electrons. The van der Waals surface area contributed by atoms with Gasteiger partial charge in [-0.1, -0.05) is 42.5 Å². The number of para-hydroxylation sites is 1. The quantitative estimate of drug-likeness (QED) is 0.289. The molecule has 2 aromatic carbocycles. The van der Waals surface area contributed by atoms with Crippen LogP contribution in [0, 0.1) is 11.5 Å². The van der Waals surface area contributed by atoms with Crippen molar-refractivity contribution in [3.05, 3.63) is 65.7 Å². The molecule has 31 heavy (non-hydrogen) atoms. The molecule has 0 spiro atoms. The van der Waals surface area contributed by atoms with Crippen molar-refractivity contribution in [1.29, 1.82) is 5.26 Å². The molecule has 3 N–H and O–H groups in total. The third-order valence-electron chi connectivity index (χ3n) is 6.01. The van der Waals surface area contributed by atoms with Crippen LogP contribution in [-0.4, -0.2) is 38.6 Å². The molecule has 0 aliphatic heterocycles. The van der Waals surface area contributed by atoms with Crippen molar-refractivity contribution in [2.75, 3.05) is 20.7 Å². The summed E-state index contributed by atoms with van der Waals surface area (Å²) in [5.74, 6) is 0.925. The number of nitrogens with one attached hydrogen (secondary N) is 3. The van der Waals surface area contributed by atoms with Gasteiger partial charge in [-0.05, 0) is 43.4 Å². The number of ether oxygens (including phenoxy) is 1. The normalized spacial score (nSPS) is 20.9. The molecule has 0 atom stereocenters. The minimum atomic E-state index is -0.150. The maximum absolute atomic E-state index is 12.9. The smallest absolute Gasteiger partial charge is 0.255 e. The van der Waals surface area contributed by atoms with Crippen molar-refractivity contribution in [3.8, 4) is 11.9 Å². The Morgan fingerprint density at radius 2 is 1.84 bits per heavy atom. The van der Waals surface area contributed by atoms with Gasteiger partial charge >= 0.3 is 0 Å². The van der Waals surface area contributed by atoms with Crippen LogP contribution in [0.5, 0.6) is 5.75 Å². The molecule has 0 aromatic heterocycles. The van der Waals surface area contributed by atoms with Crippen molar-refractivity contribution in [3.63, 3.8) is 0 Å². The summed E-state index contributed by atoms with van der Waals surface area (Å²) >= 11 is 0. The number of amides is 1. The van der Waals surface area contributed by atoms with Crippen molar-refractivity contribution in [1.82, 2.24) is 16.0 Å². The molecule has 7 nitrogen and oxygen atoms in total. The lowest BCUT2D eigenvalue weighted by atomic mass is 9.68. The lowest BCUT2D eigenvalue weighted by molar-refractivity contribution is 0.0932. The van der Waals surface area contributed by atoms with E-state index in [1.54, 1.807) is 26.3 Å². The molecular formula is C24H29N5O2. The number of nitrogens with zero attached hydrogens (tertiary/aromatic N) is 2. The second-order valence-corrected chi connectivity index (χ2v) is 7.76. The Balaban J connectivity index is 1.73. The summed E-state index contributed by atoms with van der Waals surface area (Å²) in [5.41, 5.74) is 1.62. The summed E-state index contributed by atoms with van der Waals surface area (Å²) < 4.78 is 5.34. The van der Waals surface area contributed by atoms with Gasteiger partial charge in [0.1, 0.15) is 5.75 Å². The summed E-state index contributed by atoms with van der Waals surface area (Å²) in [5, 5.41) is 17.9. The van der Waals surface area contributed by atoms with E-state index in [4.69, 9.17) is 10.00 Å². The Kier molecular flexibility index (Phi) is 7.50. The van der Waals surface area contributed by atoms with Crippen LogP contribution in [0.3, 0.4) is 0 Å². The molecule has 1 aliphatic rings. The molecule has 0 heterocycles. The van der Waals surface area contributed by atoms with Crippen LogP contribution in [-0.2, 0) is 5.41 Å². The largest absolute Gasteiger partial charge is 0.496 e. The molecule has 0 unspecified atom stereocenters. The summed E-state index contributed by atoms with van der Waals surface area (Å²) in [6.45, 7) is 0.547. The lowest BCUT2D eigenvalue weighted by Crippen LogP contribution is -2.49. The molecule has 2 aromatic rings. The topological polar surface area (TPSA) is 98.5 Å². The van der Waals surface area contributed by atoms with E-state index >= 15 is 0 Å². The number of carbonyl (C=O) groups excluding carboxylic acids is 1. The van der Waals surface area contributed by atoms with Gasteiger partial charge in [0.15, 0.2) is 6.19 Å². The first-order chi connectivity index (χ1) is 15.1. The zero-order valence-electron chi connectivity index (χ0n) is 18.0. The van der Waals surface area contributed by atoms with Crippen molar-refractivity contribution in [2.45, 2.75) is 37.1 Å². The van der Waals surface area contributed by atoms with Crippen LogP contribution in [0.4, 0.5) is 0 Å². The Bertz CT molecular complexity index is 944. The number of rotatable bonds is 6. The average molecular weight is 420 g/mol. The third kappa shape index (κ3) is 5.34. The number of guanidine groups is 1. The van der Waals surface area contributed by atoms with Crippen LogP contribution in [0.1, 0.15) is 41.6 Å². The van der Waals surface area contributed by atoms with E-state index in [2.05, 4.69) is 33.1 Å². The number of benzene rings is 2. The summed E-state index contributed by atoms with van der Waals surface area (Å²) in [4.78, 5) is 17.0. The Morgan fingerprint density at radius 3 is 2.48 bits per heavy atom. The van der Waals surface area contributed by atoms with Crippen molar-refractivity contribution < 1.29 is 9.53 Å². The monoisotopic (exact) mass is 419 g/mol. The molecule has 0 bridgehead atoms. The summed E-state index contributed by atoms with van der Waals surface area (Å²) in [6, 6.07) is 17.9. The number of methoxy groups -OCH3 is 1. The van der Waals surface area contributed by atoms with Crippen LogP contribution in [0.2, 0.25) is 0 Å². The fraction of sp³-hybridized carbons (Fsp3) is 0.375. The zero-order valence-corrected chi connectivity index (χ0v) is 18.0. The summed E-state index contributed by atoms with van der Waals surface area (Å²) in [6.07, 6.45) is 5.54. The van der Waals surface area contributed by atoms with Gasteiger partial charge in [0.2, 0.25) is 5.96 Å². The van der Waals surface area contributed by atoms with Gasteiger partial charge < -0.3 is 15.4 Å². The van der Waals surface area contributed by atoms with Crippen LogP contribution < -0.4 is 20.7 Å². The van der Waals surface area contributed by atoms with Crippen LogP contribution in [0.25, 0.3) is 0 Å². The predicted octanol–water partition coefficient (Wildman–Crippen LogP) is 2.95. The van der Waals surface area contributed by atoms with Crippen molar-refractivity contribution in [2.24, 2.45) is 4.99 Å². The van der Waals surface area contributed by atoms with Gasteiger partial charge in [-0.2, -0.15) is 5.26 Å². The van der Waals surface area contributed by atoms with E-state index in [0.717, 1.165) is 25.7 Å². The highest BCUT2D eigenvalue weighted by molar-refractivity contribution is 5.97. The number of hydrogen-bond donors (Lipinski definition) is 3. The second-order valence-electron chi connectivity index (χ2n) is 7.76. The standard InChI is InChI=1S/C24H29N5O2/c1-26-23(28-17-25)29-19-12-14-24(15-13-19,18-8-4-3-5-9-18)16-27-22(30)20-10-6-7-11-21(20)31-2/h3-11,19H,12-16H2,1-2H3,(H,27,30)(H2,26,28,29). The van der Waals surface area contributed by atoms with Gasteiger partial charge in [-0.15, -0.1) is 0 Å². The van der Waals surface area contributed by atoms with Gasteiger partial charge in [0.05, 0.1) is 12.7 Å². The fourth-order valence-corrected chi connectivity index (χ4v) is 4.25. The molecule has 1 amide bonds. The molecule has 7 heteroatoms. The highest BCUT2D eigenvalue weighted by Gasteiger charge is 2.37. The van der Waals surface area contributed by atoms with E-state index in [1.807, 2.05) is 36.5 Å². The van der Waals surface area contributed by atoms with E-state index in [0.29, 0.717) is 23.8 Å². The molecule has 3 rings (SSSR count). The second kappa shape index (κ2) is 10.5. The van der Waals surface area contributed by atoms with Gasteiger partial charge in [-0.25, -0.2) is 0 Å². The van der Waals surface area contributed by atoms with E-state index in [-0.39, 0.29) is 17.4 Å². The molecule has 1 saturated carbocycles. The van der Waals surface area contributed by atoms with E-state index in [1.165, 1.54) is 5.56 Å². The van der Waals surface area contributed by atoms with Crippen LogP contribution >= 0.6 is 0 Å². The van der Waals surface area contributed by atoms with E-state index in [9.17, 15) is 4.79 Å². The molecule has 1 fully saturated rings. The molecular weight excluding hydrogens is 390 g/mol. The Hall–Kier alpha value is -3.53. The number of aliphatic imine (C=N–C) groups is 1. The van der Waals surface area contributed by atoms with Crippen LogP contribution in [0.15, 0.2) is 59.6 Å². The zero-order chi connectivity index (χ0) is 22.1. The fourth-order valence-electron chi connectivity index (χ4n) is 4.25. The first-order valence-electron chi connectivity index (χ1n) is 10.5.